The summed E-state index contributed by atoms with van der Waals surface area (Å²) in [6.07, 6.45) is 0. The van der Waals surface area contributed by atoms with E-state index in [1.165, 1.54) is 5.56 Å². The summed E-state index contributed by atoms with van der Waals surface area (Å²) in [5, 5.41) is 4.05. The summed E-state index contributed by atoms with van der Waals surface area (Å²) in [6, 6.07) is 13.9. The van der Waals surface area contributed by atoms with Gasteiger partial charge in [0.2, 0.25) is 0 Å². The minimum Gasteiger partial charge on any atom is -0.497 e. The molecule has 0 radical (unpaired) electrons. The van der Waals surface area contributed by atoms with Crippen LogP contribution in [0.5, 0.6) is 11.5 Å². The number of benzene rings is 2. The molecule has 1 N–H and O–H groups in total. The molecule has 5 heteroatoms. The van der Waals surface area contributed by atoms with E-state index in [0.717, 1.165) is 30.2 Å². The summed E-state index contributed by atoms with van der Waals surface area (Å²) < 4.78 is 10.6. The molecule has 2 aromatic rings. The van der Waals surface area contributed by atoms with Gasteiger partial charge in [-0.15, -0.1) is 12.4 Å². The standard InChI is InChI=1S/C17H20ClNO2.ClH/c1-3-21-17-9-6-14(10-16(17)18)12-19-11-13-4-7-15(20-2)8-5-13;/h4-10,19H,3,11-12H2,1-2H3;1H. The summed E-state index contributed by atoms with van der Waals surface area (Å²) in [6.45, 7) is 4.13. The largest absolute Gasteiger partial charge is 0.497 e. The van der Waals surface area contributed by atoms with Crippen molar-refractivity contribution in [1.29, 1.82) is 0 Å². The molecule has 0 aliphatic rings. The van der Waals surface area contributed by atoms with E-state index in [1.807, 2.05) is 37.3 Å². The van der Waals surface area contributed by atoms with E-state index in [9.17, 15) is 0 Å². The predicted octanol–water partition coefficient (Wildman–Crippen LogP) is 4.46. The Balaban J connectivity index is 0.00000242. The molecule has 0 atom stereocenters. The van der Waals surface area contributed by atoms with Gasteiger partial charge in [0, 0.05) is 13.1 Å². The van der Waals surface area contributed by atoms with Crippen LogP contribution in [0, 0.1) is 0 Å². The minimum atomic E-state index is 0. The zero-order chi connectivity index (χ0) is 15.1. The molecule has 0 aromatic heterocycles. The Labute approximate surface area is 143 Å². The van der Waals surface area contributed by atoms with Crippen molar-refractivity contribution in [2.24, 2.45) is 0 Å². The van der Waals surface area contributed by atoms with E-state index >= 15 is 0 Å². The third-order valence-electron chi connectivity index (χ3n) is 3.11. The first-order valence-electron chi connectivity index (χ1n) is 6.97. The van der Waals surface area contributed by atoms with Crippen molar-refractivity contribution in [3.63, 3.8) is 0 Å². The Hall–Kier alpha value is -1.42. The number of methoxy groups -OCH3 is 1. The molecular weight excluding hydrogens is 321 g/mol. The van der Waals surface area contributed by atoms with Gasteiger partial charge in [-0.3, -0.25) is 0 Å². The molecule has 2 aromatic carbocycles. The topological polar surface area (TPSA) is 30.5 Å². The third-order valence-corrected chi connectivity index (χ3v) is 3.41. The molecule has 22 heavy (non-hydrogen) atoms. The number of ether oxygens (including phenoxy) is 2. The van der Waals surface area contributed by atoms with Crippen molar-refractivity contribution in [2.45, 2.75) is 20.0 Å². The third kappa shape index (κ3) is 5.41. The van der Waals surface area contributed by atoms with Gasteiger partial charge in [0.05, 0.1) is 18.7 Å². The summed E-state index contributed by atoms with van der Waals surface area (Å²) in [7, 11) is 1.67. The number of nitrogens with one attached hydrogen (secondary N) is 1. The van der Waals surface area contributed by atoms with Crippen LogP contribution >= 0.6 is 24.0 Å². The van der Waals surface area contributed by atoms with E-state index in [2.05, 4.69) is 17.4 Å². The van der Waals surface area contributed by atoms with E-state index in [1.54, 1.807) is 7.11 Å². The second-order valence-corrected chi connectivity index (χ2v) is 5.06. The Kier molecular flexibility index (Phi) is 8.10. The lowest BCUT2D eigenvalue weighted by Crippen LogP contribution is -2.12. The van der Waals surface area contributed by atoms with Crippen LogP contribution in [0.1, 0.15) is 18.1 Å². The normalized spacial score (nSPS) is 9.95. The number of hydrogen-bond acceptors (Lipinski definition) is 3. The van der Waals surface area contributed by atoms with Gasteiger partial charge in [-0.05, 0) is 42.3 Å². The molecule has 0 aliphatic carbocycles. The van der Waals surface area contributed by atoms with Gasteiger partial charge in [-0.1, -0.05) is 29.8 Å². The second kappa shape index (κ2) is 9.57. The Morgan fingerprint density at radius 3 is 2.23 bits per heavy atom. The van der Waals surface area contributed by atoms with E-state index in [0.29, 0.717) is 11.6 Å². The van der Waals surface area contributed by atoms with Crippen LogP contribution in [0.4, 0.5) is 0 Å². The Bertz CT molecular complexity index is 573. The highest BCUT2D eigenvalue weighted by Gasteiger charge is 2.02. The van der Waals surface area contributed by atoms with Crippen molar-refractivity contribution in [2.75, 3.05) is 13.7 Å². The Morgan fingerprint density at radius 1 is 1.00 bits per heavy atom. The van der Waals surface area contributed by atoms with E-state index in [4.69, 9.17) is 21.1 Å². The maximum Gasteiger partial charge on any atom is 0.137 e. The molecule has 3 nitrogen and oxygen atoms in total. The Morgan fingerprint density at radius 2 is 1.64 bits per heavy atom. The molecule has 0 spiro atoms. The molecule has 0 saturated heterocycles. The average molecular weight is 342 g/mol. The van der Waals surface area contributed by atoms with Crippen LogP contribution in [-0.2, 0) is 13.1 Å². The molecule has 0 unspecified atom stereocenters. The molecule has 2 rings (SSSR count). The van der Waals surface area contributed by atoms with Gasteiger partial charge in [0.15, 0.2) is 0 Å². The maximum atomic E-state index is 6.17. The summed E-state index contributed by atoms with van der Waals surface area (Å²) in [4.78, 5) is 0. The van der Waals surface area contributed by atoms with Crippen LogP contribution in [-0.4, -0.2) is 13.7 Å². The van der Waals surface area contributed by atoms with Crippen LogP contribution < -0.4 is 14.8 Å². The first-order chi connectivity index (χ1) is 10.2. The zero-order valence-electron chi connectivity index (χ0n) is 12.8. The smallest absolute Gasteiger partial charge is 0.137 e. The SMILES string of the molecule is CCOc1ccc(CNCc2ccc(OC)cc2)cc1Cl.Cl. The van der Waals surface area contributed by atoms with Crippen LogP contribution in [0.2, 0.25) is 5.02 Å². The highest BCUT2D eigenvalue weighted by atomic mass is 35.5. The van der Waals surface area contributed by atoms with Crippen LogP contribution in [0.25, 0.3) is 0 Å². The van der Waals surface area contributed by atoms with Crippen molar-refractivity contribution in [3.8, 4) is 11.5 Å². The second-order valence-electron chi connectivity index (χ2n) is 4.65. The van der Waals surface area contributed by atoms with Gasteiger partial charge in [-0.2, -0.15) is 0 Å². The van der Waals surface area contributed by atoms with Gasteiger partial charge >= 0.3 is 0 Å². The quantitative estimate of drug-likeness (QED) is 0.806. The highest BCUT2D eigenvalue weighted by molar-refractivity contribution is 6.32. The number of halogens is 2. The lowest BCUT2D eigenvalue weighted by Gasteiger charge is -2.09. The molecule has 0 aliphatic heterocycles. The van der Waals surface area contributed by atoms with Gasteiger partial charge in [0.25, 0.3) is 0 Å². The number of rotatable bonds is 7. The summed E-state index contributed by atoms with van der Waals surface area (Å²) >= 11 is 6.17. The van der Waals surface area contributed by atoms with Crippen molar-refractivity contribution < 1.29 is 9.47 Å². The van der Waals surface area contributed by atoms with E-state index < -0.39 is 0 Å². The molecular formula is C17H21Cl2NO2. The molecule has 120 valence electrons. The fourth-order valence-electron chi connectivity index (χ4n) is 2.02. The van der Waals surface area contributed by atoms with Gasteiger partial charge in [-0.25, -0.2) is 0 Å². The molecule has 0 bridgehead atoms. The minimum absolute atomic E-state index is 0. The predicted molar refractivity (Wildman–Crippen MR) is 93.4 cm³/mol. The molecule has 0 fully saturated rings. The molecule has 0 amide bonds. The zero-order valence-corrected chi connectivity index (χ0v) is 14.3. The first-order valence-corrected chi connectivity index (χ1v) is 7.35. The molecule has 0 heterocycles. The van der Waals surface area contributed by atoms with Crippen molar-refractivity contribution in [1.82, 2.24) is 5.32 Å². The van der Waals surface area contributed by atoms with Crippen molar-refractivity contribution in [3.05, 3.63) is 58.6 Å². The van der Waals surface area contributed by atoms with Crippen molar-refractivity contribution >= 4 is 24.0 Å². The van der Waals surface area contributed by atoms with Crippen LogP contribution in [0.15, 0.2) is 42.5 Å². The van der Waals surface area contributed by atoms with Gasteiger partial charge in [0.1, 0.15) is 11.5 Å². The monoisotopic (exact) mass is 341 g/mol. The summed E-state index contributed by atoms with van der Waals surface area (Å²) in [5.41, 5.74) is 2.35. The summed E-state index contributed by atoms with van der Waals surface area (Å²) in [5.74, 6) is 1.61. The first kappa shape index (κ1) is 18.6. The average Bonchev–Trinajstić information content (AvgIpc) is 2.51. The number of hydrogen-bond donors (Lipinski definition) is 1. The van der Waals surface area contributed by atoms with Crippen LogP contribution in [0.3, 0.4) is 0 Å². The van der Waals surface area contributed by atoms with Gasteiger partial charge < -0.3 is 14.8 Å². The molecule has 0 saturated carbocycles. The fourth-order valence-corrected chi connectivity index (χ4v) is 2.28. The van der Waals surface area contributed by atoms with E-state index in [-0.39, 0.29) is 12.4 Å². The highest BCUT2D eigenvalue weighted by Crippen LogP contribution is 2.25. The lowest BCUT2D eigenvalue weighted by molar-refractivity contribution is 0.340. The maximum absolute atomic E-state index is 6.17. The fraction of sp³-hybridized carbons (Fsp3) is 0.294. The lowest BCUT2D eigenvalue weighted by atomic mass is 10.2.